The van der Waals surface area contributed by atoms with E-state index in [9.17, 15) is 13.2 Å². The molecular formula is C19H22N2O4S2. The van der Waals surface area contributed by atoms with Crippen LogP contribution in [0.1, 0.15) is 33.8 Å². The number of sulfonamides is 1. The topological polar surface area (TPSA) is 66.9 Å². The Bertz CT molecular complexity index is 948. The van der Waals surface area contributed by atoms with Crippen LogP contribution in [0.4, 0.5) is 0 Å². The van der Waals surface area contributed by atoms with Gasteiger partial charge < -0.3 is 9.64 Å². The van der Waals surface area contributed by atoms with Gasteiger partial charge in [0.15, 0.2) is 0 Å². The summed E-state index contributed by atoms with van der Waals surface area (Å²) in [4.78, 5) is 16.4. The van der Waals surface area contributed by atoms with Gasteiger partial charge in [-0.3, -0.25) is 4.79 Å². The highest BCUT2D eigenvalue weighted by Gasteiger charge is 2.31. The number of benzene rings is 1. The van der Waals surface area contributed by atoms with Crippen LogP contribution in [0.3, 0.4) is 0 Å². The summed E-state index contributed by atoms with van der Waals surface area (Å²) in [6, 6.07) is 8.46. The minimum atomic E-state index is -3.62. The van der Waals surface area contributed by atoms with E-state index in [0.717, 1.165) is 6.42 Å². The maximum atomic E-state index is 13.1. The lowest BCUT2D eigenvalue weighted by molar-refractivity contribution is 0.0678. The maximum absolute atomic E-state index is 13.1. The molecule has 0 unspecified atom stereocenters. The second-order valence-corrected chi connectivity index (χ2v) is 9.71. The van der Waals surface area contributed by atoms with Gasteiger partial charge in [-0.05, 0) is 48.6 Å². The number of nitrogens with zero attached hydrogens (tertiary/aromatic N) is 2. The number of carbonyl (C=O) groups is 1. The lowest BCUT2D eigenvalue weighted by Crippen LogP contribution is -2.41. The van der Waals surface area contributed by atoms with Gasteiger partial charge in [-0.2, -0.15) is 4.31 Å². The van der Waals surface area contributed by atoms with Gasteiger partial charge in [0.05, 0.1) is 24.2 Å². The zero-order chi connectivity index (χ0) is 19.0. The van der Waals surface area contributed by atoms with E-state index in [-0.39, 0.29) is 16.8 Å². The third-order valence-corrected chi connectivity index (χ3v) is 8.12. The van der Waals surface area contributed by atoms with Gasteiger partial charge >= 0.3 is 0 Å². The Morgan fingerprint density at radius 2 is 1.96 bits per heavy atom. The fourth-order valence-electron chi connectivity index (χ4n) is 3.68. The van der Waals surface area contributed by atoms with Crippen LogP contribution in [-0.4, -0.2) is 56.4 Å². The van der Waals surface area contributed by atoms with Crippen molar-refractivity contribution in [3.05, 3.63) is 51.7 Å². The van der Waals surface area contributed by atoms with Crippen molar-refractivity contribution < 1.29 is 17.9 Å². The first-order valence-corrected chi connectivity index (χ1v) is 11.4. The van der Waals surface area contributed by atoms with E-state index < -0.39 is 10.0 Å². The first kappa shape index (κ1) is 18.6. The number of thiophene rings is 1. The maximum Gasteiger partial charge on any atom is 0.254 e. The number of amides is 1. The van der Waals surface area contributed by atoms with Crippen LogP contribution in [0, 0.1) is 0 Å². The fraction of sp³-hybridized carbons (Fsp3) is 0.421. The Balaban J connectivity index is 1.60. The van der Waals surface area contributed by atoms with E-state index in [2.05, 4.69) is 11.4 Å². The Labute approximate surface area is 163 Å². The van der Waals surface area contributed by atoms with Crippen molar-refractivity contribution in [2.75, 3.05) is 32.8 Å². The lowest BCUT2D eigenvalue weighted by Gasteiger charge is -2.34. The largest absolute Gasteiger partial charge is 0.379 e. The molecule has 8 heteroatoms. The summed E-state index contributed by atoms with van der Waals surface area (Å²) < 4.78 is 32.4. The number of morpholine rings is 1. The van der Waals surface area contributed by atoms with Gasteiger partial charge in [0.25, 0.3) is 5.91 Å². The van der Waals surface area contributed by atoms with E-state index in [1.165, 1.54) is 20.8 Å². The van der Waals surface area contributed by atoms with Crippen molar-refractivity contribution in [1.82, 2.24) is 9.21 Å². The summed E-state index contributed by atoms with van der Waals surface area (Å²) in [6.45, 7) is 4.14. The highest BCUT2D eigenvalue weighted by molar-refractivity contribution is 7.89. The Kier molecular flexibility index (Phi) is 5.07. The molecule has 4 rings (SSSR count). The van der Waals surface area contributed by atoms with Crippen LogP contribution in [0.15, 0.2) is 40.6 Å². The SMILES string of the molecule is C[C@H]1c2ccsc2CCN1C(=O)c1cccc(S(=O)(=O)N2CCOCC2)c1. The summed E-state index contributed by atoms with van der Waals surface area (Å²) in [5, 5.41) is 2.06. The third kappa shape index (κ3) is 3.42. The molecule has 2 aliphatic rings. The molecule has 144 valence electrons. The van der Waals surface area contributed by atoms with Crippen molar-refractivity contribution in [1.29, 1.82) is 0 Å². The number of rotatable bonds is 3. The molecule has 1 atom stereocenters. The average molecular weight is 407 g/mol. The normalized spacial score (nSPS) is 21.1. The number of carbonyl (C=O) groups excluding carboxylic acids is 1. The zero-order valence-electron chi connectivity index (χ0n) is 15.1. The highest BCUT2D eigenvalue weighted by atomic mass is 32.2. The minimum Gasteiger partial charge on any atom is -0.379 e. The second kappa shape index (κ2) is 7.35. The van der Waals surface area contributed by atoms with Crippen molar-refractivity contribution in [2.24, 2.45) is 0 Å². The number of hydrogen-bond acceptors (Lipinski definition) is 5. The van der Waals surface area contributed by atoms with E-state index in [4.69, 9.17) is 4.74 Å². The van der Waals surface area contributed by atoms with Gasteiger partial charge in [0.2, 0.25) is 10.0 Å². The van der Waals surface area contributed by atoms with E-state index >= 15 is 0 Å². The highest BCUT2D eigenvalue weighted by Crippen LogP contribution is 2.34. The van der Waals surface area contributed by atoms with Crippen LogP contribution in [0.2, 0.25) is 0 Å². The van der Waals surface area contributed by atoms with Crippen molar-refractivity contribution in [3.63, 3.8) is 0 Å². The van der Waals surface area contributed by atoms with E-state index in [1.54, 1.807) is 29.5 Å². The number of hydrogen-bond donors (Lipinski definition) is 0. The van der Waals surface area contributed by atoms with Crippen LogP contribution in [0.5, 0.6) is 0 Å². The molecule has 0 spiro atoms. The Morgan fingerprint density at radius 1 is 1.19 bits per heavy atom. The predicted molar refractivity (Wildman–Crippen MR) is 103 cm³/mol. The Morgan fingerprint density at radius 3 is 2.74 bits per heavy atom. The Hall–Kier alpha value is -1.74. The fourth-order valence-corrected chi connectivity index (χ4v) is 6.10. The molecule has 0 radical (unpaired) electrons. The molecule has 0 bridgehead atoms. The molecule has 1 amide bonds. The molecule has 1 saturated heterocycles. The smallest absolute Gasteiger partial charge is 0.254 e. The monoisotopic (exact) mass is 406 g/mol. The molecule has 0 N–H and O–H groups in total. The molecule has 0 saturated carbocycles. The molecule has 1 fully saturated rings. The minimum absolute atomic E-state index is 0.00740. The standard InChI is InChI=1S/C19H22N2O4S2/c1-14-17-6-12-26-18(17)5-7-21(14)19(22)15-3-2-4-16(13-15)27(23,24)20-8-10-25-11-9-20/h2-4,6,12-14H,5,7-11H2,1H3/t14-/m0/s1. The summed E-state index contributed by atoms with van der Waals surface area (Å²) in [5.41, 5.74) is 1.60. The second-order valence-electron chi connectivity index (χ2n) is 6.77. The first-order valence-electron chi connectivity index (χ1n) is 9.03. The molecule has 2 aromatic rings. The van der Waals surface area contributed by atoms with E-state index in [1.807, 2.05) is 11.8 Å². The van der Waals surface area contributed by atoms with Crippen molar-refractivity contribution >= 4 is 27.3 Å². The van der Waals surface area contributed by atoms with Gasteiger partial charge in [-0.25, -0.2) is 8.42 Å². The number of fused-ring (bicyclic) bond motifs is 1. The molecule has 6 nitrogen and oxygen atoms in total. The van der Waals surface area contributed by atoms with Gasteiger partial charge in [-0.15, -0.1) is 11.3 Å². The van der Waals surface area contributed by atoms with Gasteiger partial charge in [0.1, 0.15) is 0 Å². The summed E-state index contributed by atoms with van der Waals surface area (Å²) in [7, 11) is -3.62. The molecule has 3 heterocycles. The average Bonchev–Trinajstić information content (AvgIpc) is 3.18. The van der Waals surface area contributed by atoms with Crippen LogP contribution in [-0.2, 0) is 21.2 Å². The third-order valence-electron chi connectivity index (χ3n) is 5.23. The zero-order valence-corrected chi connectivity index (χ0v) is 16.8. The van der Waals surface area contributed by atoms with Crippen molar-refractivity contribution in [3.8, 4) is 0 Å². The van der Waals surface area contributed by atoms with Crippen LogP contribution in [0.25, 0.3) is 0 Å². The quantitative estimate of drug-likeness (QED) is 0.786. The molecule has 2 aliphatic heterocycles. The van der Waals surface area contributed by atoms with Crippen LogP contribution < -0.4 is 0 Å². The summed E-state index contributed by atoms with van der Waals surface area (Å²) in [6.07, 6.45) is 0.842. The van der Waals surface area contributed by atoms with Crippen LogP contribution >= 0.6 is 11.3 Å². The van der Waals surface area contributed by atoms with E-state index in [0.29, 0.717) is 38.4 Å². The summed E-state index contributed by atoms with van der Waals surface area (Å²) >= 11 is 1.73. The lowest BCUT2D eigenvalue weighted by atomic mass is 10.0. The first-order chi connectivity index (χ1) is 13.0. The summed E-state index contributed by atoms with van der Waals surface area (Å²) in [5.74, 6) is -0.127. The molecule has 0 aliphatic carbocycles. The molecular weight excluding hydrogens is 384 g/mol. The van der Waals surface area contributed by atoms with Gasteiger partial charge in [0, 0.05) is 30.1 Å². The molecule has 1 aromatic carbocycles. The van der Waals surface area contributed by atoms with Crippen molar-refractivity contribution in [2.45, 2.75) is 24.3 Å². The molecule has 1 aromatic heterocycles. The number of ether oxygens (including phenoxy) is 1. The van der Waals surface area contributed by atoms with Gasteiger partial charge in [-0.1, -0.05) is 6.07 Å². The predicted octanol–water partition coefficient (Wildman–Crippen LogP) is 2.53. The molecule has 27 heavy (non-hydrogen) atoms.